The molecule has 8 heteroatoms. The van der Waals surface area contributed by atoms with E-state index in [1.54, 1.807) is 0 Å². The molecule has 1 aliphatic heterocycles. The fourth-order valence-corrected chi connectivity index (χ4v) is 1.77. The molecule has 0 spiro atoms. The Morgan fingerprint density at radius 2 is 2.19 bits per heavy atom. The summed E-state index contributed by atoms with van der Waals surface area (Å²) in [6, 6.07) is 0. The van der Waals surface area contributed by atoms with E-state index in [-0.39, 0.29) is 19.1 Å². The van der Waals surface area contributed by atoms with Crippen LogP contribution in [0.3, 0.4) is 0 Å². The van der Waals surface area contributed by atoms with Crippen LogP contribution in [0.25, 0.3) is 0 Å². The van der Waals surface area contributed by atoms with Crippen molar-refractivity contribution in [2.75, 3.05) is 13.2 Å². The van der Waals surface area contributed by atoms with Crippen LogP contribution >= 0.6 is 0 Å². The summed E-state index contributed by atoms with van der Waals surface area (Å²) in [4.78, 5) is 0. The van der Waals surface area contributed by atoms with Crippen molar-refractivity contribution in [1.82, 2.24) is 20.2 Å². The molecule has 0 unspecified atom stereocenters. The fourth-order valence-electron chi connectivity index (χ4n) is 1.77. The standard InChI is InChI=1S/C8H14N4O4/c13-2-6-8(15)7(14)5(3-16-6)1-12-4-9-10-11-12/h4-8,13-15H,1-3H2/t5-,6+,7+,8-/m0/s1. The third-order valence-electron chi connectivity index (χ3n) is 2.73. The van der Waals surface area contributed by atoms with Gasteiger partial charge >= 0.3 is 0 Å². The number of tetrazole rings is 1. The van der Waals surface area contributed by atoms with Crippen LogP contribution in [0.1, 0.15) is 0 Å². The zero-order valence-electron chi connectivity index (χ0n) is 8.55. The lowest BCUT2D eigenvalue weighted by atomic mass is 9.92. The van der Waals surface area contributed by atoms with Gasteiger partial charge < -0.3 is 20.1 Å². The number of hydrogen-bond donors (Lipinski definition) is 3. The number of nitrogens with zero attached hydrogens (tertiary/aromatic N) is 4. The molecule has 0 bridgehead atoms. The van der Waals surface area contributed by atoms with Gasteiger partial charge in [0, 0.05) is 5.92 Å². The first kappa shape index (κ1) is 11.4. The molecule has 4 atom stereocenters. The Morgan fingerprint density at radius 3 is 2.81 bits per heavy atom. The Labute approximate surface area is 91.5 Å². The zero-order valence-corrected chi connectivity index (χ0v) is 8.55. The third-order valence-corrected chi connectivity index (χ3v) is 2.73. The van der Waals surface area contributed by atoms with Gasteiger partial charge in [-0.2, -0.15) is 0 Å². The maximum absolute atomic E-state index is 9.81. The topological polar surface area (TPSA) is 114 Å². The van der Waals surface area contributed by atoms with E-state index in [4.69, 9.17) is 9.84 Å². The minimum Gasteiger partial charge on any atom is -0.394 e. The monoisotopic (exact) mass is 230 g/mol. The predicted octanol–water partition coefficient (Wildman–Crippen LogP) is -2.60. The Bertz CT molecular complexity index is 320. The molecule has 16 heavy (non-hydrogen) atoms. The Hall–Kier alpha value is -1.09. The first-order valence-electron chi connectivity index (χ1n) is 5.01. The first-order chi connectivity index (χ1) is 7.72. The molecule has 1 aromatic heterocycles. The smallest absolute Gasteiger partial charge is 0.138 e. The van der Waals surface area contributed by atoms with E-state index in [1.807, 2.05) is 0 Å². The molecule has 1 aliphatic rings. The molecule has 3 N–H and O–H groups in total. The molecule has 8 nitrogen and oxygen atoms in total. The van der Waals surface area contributed by atoms with Crippen molar-refractivity contribution in [3.63, 3.8) is 0 Å². The van der Waals surface area contributed by atoms with Gasteiger partial charge in [0.2, 0.25) is 0 Å². The highest BCUT2D eigenvalue weighted by Crippen LogP contribution is 2.21. The highest BCUT2D eigenvalue weighted by molar-refractivity contribution is 4.86. The van der Waals surface area contributed by atoms with Crippen LogP contribution in [0.15, 0.2) is 6.33 Å². The second-order valence-corrected chi connectivity index (χ2v) is 3.83. The van der Waals surface area contributed by atoms with E-state index in [1.165, 1.54) is 11.0 Å². The van der Waals surface area contributed by atoms with Crippen LogP contribution in [0.2, 0.25) is 0 Å². The molecular weight excluding hydrogens is 216 g/mol. The van der Waals surface area contributed by atoms with E-state index in [0.29, 0.717) is 6.54 Å². The summed E-state index contributed by atoms with van der Waals surface area (Å²) in [5.74, 6) is -0.290. The van der Waals surface area contributed by atoms with Crippen molar-refractivity contribution in [1.29, 1.82) is 0 Å². The van der Waals surface area contributed by atoms with Crippen LogP contribution in [0, 0.1) is 5.92 Å². The first-order valence-corrected chi connectivity index (χ1v) is 5.01. The molecule has 1 saturated heterocycles. The molecule has 2 rings (SSSR count). The number of ether oxygens (including phenoxy) is 1. The molecule has 0 radical (unpaired) electrons. The highest BCUT2D eigenvalue weighted by Gasteiger charge is 2.38. The van der Waals surface area contributed by atoms with E-state index < -0.39 is 18.3 Å². The molecule has 0 amide bonds. The second kappa shape index (κ2) is 4.83. The molecule has 0 aromatic carbocycles. The number of aliphatic hydroxyl groups excluding tert-OH is 3. The average molecular weight is 230 g/mol. The van der Waals surface area contributed by atoms with Gasteiger partial charge in [-0.3, -0.25) is 0 Å². The molecule has 90 valence electrons. The van der Waals surface area contributed by atoms with Crippen LogP contribution in [-0.2, 0) is 11.3 Å². The molecule has 2 heterocycles. The molecule has 1 fully saturated rings. The van der Waals surface area contributed by atoms with E-state index in [9.17, 15) is 10.2 Å². The largest absolute Gasteiger partial charge is 0.394 e. The van der Waals surface area contributed by atoms with Crippen molar-refractivity contribution in [2.24, 2.45) is 5.92 Å². The second-order valence-electron chi connectivity index (χ2n) is 3.83. The summed E-state index contributed by atoms with van der Waals surface area (Å²) in [6.07, 6.45) is -1.33. The Morgan fingerprint density at radius 1 is 1.38 bits per heavy atom. The van der Waals surface area contributed by atoms with Crippen molar-refractivity contribution in [3.8, 4) is 0 Å². The van der Waals surface area contributed by atoms with Gasteiger partial charge in [-0.1, -0.05) is 0 Å². The summed E-state index contributed by atoms with van der Waals surface area (Å²) in [7, 11) is 0. The summed E-state index contributed by atoms with van der Waals surface area (Å²) >= 11 is 0. The van der Waals surface area contributed by atoms with Gasteiger partial charge in [0.15, 0.2) is 0 Å². The van der Waals surface area contributed by atoms with Crippen molar-refractivity contribution < 1.29 is 20.1 Å². The number of aliphatic hydroxyl groups is 3. The molecular formula is C8H14N4O4. The van der Waals surface area contributed by atoms with Gasteiger partial charge in [0.1, 0.15) is 18.5 Å². The summed E-state index contributed by atoms with van der Waals surface area (Å²) in [6.45, 7) is 0.308. The lowest BCUT2D eigenvalue weighted by Crippen LogP contribution is -2.52. The summed E-state index contributed by atoms with van der Waals surface area (Å²) in [5, 5.41) is 39.0. The van der Waals surface area contributed by atoms with Gasteiger partial charge in [-0.25, -0.2) is 4.68 Å². The maximum atomic E-state index is 9.81. The van der Waals surface area contributed by atoms with Crippen LogP contribution in [0.5, 0.6) is 0 Å². The van der Waals surface area contributed by atoms with Crippen LogP contribution in [-0.4, -0.2) is 67.1 Å². The van der Waals surface area contributed by atoms with Gasteiger partial charge in [0.05, 0.1) is 25.9 Å². The molecule has 0 aliphatic carbocycles. The van der Waals surface area contributed by atoms with Gasteiger partial charge in [-0.05, 0) is 10.4 Å². The quantitative estimate of drug-likeness (QED) is 0.521. The van der Waals surface area contributed by atoms with Crippen molar-refractivity contribution in [3.05, 3.63) is 6.33 Å². The van der Waals surface area contributed by atoms with Crippen molar-refractivity contribution in [2.45, 2.75) is 24.9 Å². The minimum absolute atomic E-state index is 0.253. The average Bonchev–Trinajstić information content (AvgIpc) is 2.78. The van der Waals surface area contributed by atoms with Gasteiger partial charge in [0.25, 0.3) is 0 Å². The lowest BCUT2D eigenvalue weighted by molar-refractivity contribution is -0.177. The van der Waals surface area contributed by atoms with Crippen LogP contribution in [0.4, 0.5) is 0 Å². The van der Waals surface area contributed by atoms with E-state index in [0.717, 1.165) is 0 Å². The number of rotatable bonds is 3. The minimum atomic E-state index is -1.08. The number of aromatic nitrogens is 4. The normalized spacial score (nSPS) is 35.2. The predicted molar refractivity (Wildman–Crippen MR) is 50.1 cm³/mol. The summed E-state index contributed by atoms with van der Waals surface area (Å²) < 4.78 is 6.69. The SMILES string of the molecule is OC[C@H]1OC[C@H](Cn2cnnn2)[C@@H](O)[C@H]1O. The lowest BCUT2D eigenvalue weighted by Gasteiger charge is -2.36. The van der Waals surface area contributed by atoms with E-state index >= 15 is 0 Å². The van der Waals surface area contributed by atoms with E-state index in [2.05, 4.69) is 15.5 Å². The molecule has 1 aromatic rings. The zero-order chi connectivity index (χ0) is 11.5. The fraction of sp³-hybridized carbons (Fsp3) is 0.875. The highest BCUT2D eigenvalue weighted by atomic mass is 16.5. The Kier molecular flexibility index (Phi) is 3.44. The van der Waals surface area contributed by atoms with Crippen LogP contribution < -0.4 is 0 Å². The Balaban J connectivity index is 1.97. The van der Waals surface area contributed by atoms with Gasteiger partial charge in [-0.15, -0.1) is 5.10 Å². The van der Waals surface area contributed by atoms with Crippen molar-refractivity contribution >= 4 is 0 Å². The number of hydrogen-bond acceptors (Lipinski definition) is 7. The third kappa shape index (κ3) is 2.19. The summed E-state index contributed by atoms with van der Waals surface area (Å²) in [5.41, 5.74) is 0. The molecule has 0 saturated carbocycles. The maximum Gasteiger partial charge on any atom is 0.138 e.